The number of benzene rings is 2. The number of hydrogen-bond acceptors (Lipinski definition) is 5. The van der Waals surface area contributed by atoms with E-state index >= 15 is 0 Å². The lowest BCUT2D eigenvalue weighted by Crippen LogP contribution is -2.23. The zero-order valence-electron chi connectivity index (χ0n) is 17.9. The molecule has 0 N–H and O–H groups in total. The van der Waals surface area contributed by atoms with Crippen LogP contribution < -0.4 is 4.74 Å². The van der Waals surface area contributed by atoms with Crippen molar-refractivity contribution in [1.29, 1.82) is 0 Å². The highest BCUT2D eigenvalue weighted by molar-refractivity contribution is 7.99. The summed E-state index contributed by atoms with van der Waals surface area (Å²) in [4.78, 5) is 13.6. The van der Waals surface area contributed by atoms with Gasteiger partial charge in [-0.05, 0) is 36.6 Å². The van der Waals surface area contributed by atoms with E-state index in [0.29, 0.717) is 17.5 Å². The van der Waals surface area contributed by atoms with Crippen LogP contribution in [0.15, 0.2) is 59.8 Å². The molecule has 0 aliphatic carbocycles. The summed E-state index contributed by atoms with van der Waals surface area (Å²) >= 11 is 1.40. The summed E-state index contributed by atoms with van der Waals surface area (Å²) < 4.78 is 8.05. The molecule has 30 heavy (non-hydrogen) atoms. The molecule has 3 aromatic rings. The van der Waals surface area contributed by atoms with Crippen LogP contribution in [0.3, 0.4) is 0 Å². The number of amides is 1. The predicted molar refractivity (Wildman–Crippen MR) is 120 cm³/mol. The van der Waals surface area contributed by atoms with Crippen LogP contribution in [0.5, 0.6) is 5.75 Å². The van der Waals surface area contributed by atoms with Crippen molar-refractivity contribution >= 4 is 17.7 Å². The quantitative estimate of drug-likeness (QED) is 0.482. The third-order valence-corrected chi connectivity index (χ3v) is 5.86. The monoisotopic (exact) mass is 424 g/mol. The molecule has 0 aliphatic heterocycles. The number of rotatable bonds is 9. The fraction of sp³-hybridized carbons (Fsp3) is 0.348. The van der Waals surface area contributed by atoms with Crippen LogP contribution in [0.2, 0.25) is 0 Å². The van der Waals surface area contributed by atoms with Crippen LogP contribution in [-0.4, -0.2) is 45.4 Å². The van der Waals surface area contributed by atoms with E-state index in [9.17, 15) is 4.79 Å². The third-order valence-electron chi connectivity index (χ3n) is 4.93. The van der Waals surface area contributed by atoms with E-state index in [2.05, 4.69) is 52.9 Å². The average Bonchev–Trinajstić information content (AvgIpc) is 3.19. The molecule has 7 heteroatoms. The molecule has 0 bridgehead atoms. The maximum absolute atomic E-state index is 12.1. The van der Waals surface area contributed by atoms with Gasteiger partial charge < -0.3 is 9.64 Å². The summed E-state index contributed by atoms with van der Waals surface area (Å²) in [7, 11) is 3.51. The zero-order chi connectivity index (χ0) is 21.5. The molecular formula is C23H28N4O2S. The fourth-order valence-corrected chi connectivity index (χ4v) is 4.01. The Balaban J connectivity index is 1.83. The summed E-state index contributed by atoms with van der Waals surface area (Å²) in [6, 6.07) is 18.3. The van der Waals surface area contributed by atoms with Crippen LogP contribution in [0.4, 0.5) is 0 Å². The standard InChI is InChI=1S/C23H28N4O2S/c1-5-18-11-13-20(14-12-18)29-15-21-24-25-23(30-16-22(28)26(3)4)27(21)17(2)19-9-7-6-8-10-19/h6-14,17H,5,15-16H2,1-4H3/t17-/m1/s1. The minimum atomic E-state index is 0.0132. The van der Waals surface area contributed by atoms with Gasteiger partial charge in [-0.25, -0.2) is 0 Å². The lowest BCUT2D eigenvalue weighted by molar-refractivity contribution is -0.125. The predicted octanol–water partition coefficient (Wildman–Crippen LogP) is 4.21. The molecule has 1 amide bonds. The SMILES string of the molecule is CCc1ccc(OCc2nnc(SCC(=O)N(C)C)n2[C@H](C)c2ccccc2)cc1. The normalized spacial score (nSPS) is 11.9. The van der Waals surface area contributed by atoms with E-state index in [1.54, 1.807) is 19.0 Å². The van der Waals surface area contributed by atoms with Crippen LogP contribution in [-0.2, 0) is 17.8 Å². The van der Waals surface area contributed by atoms with Crippen molar-refractivity contribution in [3.63, 3.8) is 0 Å². The number of aromatic nitrogens is 3. The zero-order valence-corrected chi connectivity index (χ0v) is 18.7. The van der Waals surface area contributed by atoms with Gasteiger partial charge in [0.2, 0.25) is 5.91 Å². The Morgan fingerprint density at radius 3 is 2.43 bits per heavy atom. The smallest absolute Gasteiger partial charge is 0.232 e. The molecule has 1 atom stereocenters. The Hall–Kier alpha value is -2.80. The molecule has 0 radical (unpaired) electrons. The van der Waals surface area contributed by atoms with Gasteiger partial charge in [0.15, 0.2) is 11.0 Å². The van der Waals surface area contributed by atoms with Crippen LogP contribution >= 0.6 is 11.8 Å². The van der Waals surface area contributed by atoms with Crippen molar-refractivity contribution in [2.75, 3.05) is 19.8 Å². The van der Waals surface area contributed by atoms with E-state index < -0.39 is 0 Å². The second-order valence-electron chi connectivity index (χ2n) is 7.22. The van der Waals surface area contributed by atoms with E-state index in [1.165, 1.54) is 17.3 Å². The largest absolute Gasteiger partial charge is 0.486 e. The van der Waals surface area contributed by atoms with Crippen LogP contribution in [0, 0.1) is 0 Å². The Labute approximate surface area is 182 Å². The van der Waals surface area contributed by atoms with Crippen molar-refractivity contribution in [1.82, 2.24) is 19.7 Å². The minimum absolute atomic E-state index is 0.0132. The van der Waals surface area contributed by atoms with Gasteiger partial charge in [-0.2, -0.15) is 0 Å². The van der Waals surface area contributed by atoms with Gasteiger partial charge >= 0.3 is 0 Å². The first-order chi connectivity index (χ1) is 14.5. The molecule has 0 fully saturated rings. The fourth-order valence-electron chi connectivity index (χ4n) is 3.00. The summed E-state index contributed by atoms with van der Waals surface area (Å²) in [6.45, 7) is 4.54. The molecule has 158 valence electrons. The summed E-state index contributed by atoms with van der Waals surface area (Å²) in [5, 5.41) is 9.45. The number of thioether (sulfide) groups is 1. The van der Waals surface area contributed by atoms with E-state index in [0.717, 1.165) is 23.6 Å². The highest BCUT2D eigenvalue weighted by Gasteiger charge is 2.20. The summed E-state index contributed by atoms with van der Waals surface area (Å²) in [5.74, 6) is 1.87. The second-order valence-corrected chi connectivity index (χ2v) is 8.16. The Morgan fingerprint density at radius 2 is 1.80 bits per heavy atom. The first-order valence-corrected chi connectivity index (χ1v) is 11.0. The first kappa shape index (κ1) is 21.9. The summed E-state index contributed by atoms with van der Waals surface area (Å²) in [5.41, 5.74) is 2.42. The Bertz CT molecular complexity index is 955. The molecular weight excluding hydrogens is 396 g/mol. The van der Waals surface area contributed by atoms with Crippen molar-refractivity contribution in [2.45, 2.75) is 38.1 Å². The third kappa shape index (κ3) is 5.42. The van der Waals surface area contributed by atoms with Crippen molar-refractivity contribution in [2.24, 2.45) is 0 Å². The average molecular weight is 425 g/mol. The molecule has 6 nitrogen and oxygen atoms in total. The van der Waals surface area contributed by atoms with Gasteiger partial charge in [-0.1, -0.05) is 61.2 Å². The van der Waals surface area contributed by atoms with Crippen LogP contribution in [0.25, 0.3) is 0 Å². The first-order valence-electron chi connectivity index (χ1n) is 10.0. The minimum Gasteiger partial charge on any atom is -0.486 e. The number of ether oxygens (including phenoxy) is 1. The number of carbonyl (C=O) groups excluding carboxylic acids is 1. The van der Waals surface area contributed by atoms with E-state index in [-0.39, 0.29) is 11.9 Å². The Kier molecular flexibility index (Phi) is 7.52. The van der Waals surface area contributed by atoms with Gasteiger partial charge in [0.25, 0.3) is 0 Å². The molecule has 0 saturated heterocycles. The lowest BCUT2D eigenvalue weighted by atomic mass is 10.1. The number of aryl methyl sites for hydroxylation is 1. The summed E-state index contributed by atoms with van der Waals surface area (Å²) in [6.07, 6.45) is 0.995. The van der Waals surface area contributed by atoms with E-state index in [1.807, 2.05) is 30.3 Å². The van der Waals surface area contributed by atoms with Crippen molar-refractivity contribution < 1.29 is 9.53 Å². The molecule has 1 aromatic heterocycles. The second kappa shape index (κ2) is 10.3. The van der Waals surface area contributed by atoms with Gasteiger partial charge in [0.05, 0.1) is 11.8 Å². The maximum atomic E-state index is 12.1. The molecule has 0 unspecified atom stereocenters. The molecule has 0 saturated carbocycles. The van der Waals surface area contributed by atoms with Crippen LogP contribution in [0.1, 0.15) is 36.8 Å². The number of nitrogens with zero attached hydrogens (tertiary/aromatic N) is 4. The Morgan fingerprint density at radius 1 is 1.10 bits per heavy atom. The van der Waals surface area contributed by atoms with E-state index in [4.69, 9.17) is 4.74 Å². The van der Waals surface area contributed by atoms with Crippen molar-refractivity contribution in [3.8, 4) is 5.75 Å². The van der Waals surface area contributed by atoms with Gasteiger partial charge in [0.1, 0.15) is 12.4 Å². The van der Waals surface area contributed by atoms with Gasteiger partial charge in [-0.15, -0.1) is 10.2 Å². The number of carbonyl (C=O) groups is 1. The molecule has 0 spiro atoms. The lowest BCUT2D eigenvalue weighted by Gasteiger charge is -2.19. The molecule has 2 aromatic carbocycles. The highest BCUT2D eigenvalue weighted by Crippen LogP contribution is 2.27. The molecule has 3 rings (SSSR count). The van der Waals surface area contributed by atoms with Crippen molar-refractivity contribution in [3.05, 3.63) is 71.5 Å². The maximum Gasteiger partial charge on any atom is 0.232 e. The van der Waals surface area contributed by atoms with Gasteiger partial charge in [-0.3, -0.25) is 9.36 Å². The molecule has 1 heterocycles. The topological polar surface area (TPSA) is 60.3 Å². The van der Waals surface area contributed by atoms with Gasteiger partial charge in [0, 0.05) is 14.1 Å². The number of hydrogen-bond donors (Lipinski definition) is 0. The highest BCUT2D eigenvalue weighted by atomic mass is 32.2. The molecule has 0 aliphatic rings.